The molecule has 0 aliphatic carbocycles. The highest BCUT2D eigenvalue weighted by molar-refractivity contribution is 5.93. The number of benzene rings is 1. The third-order valence-electron chi connectivity index (χ3n) is 2.81. The van der Waals surface area contributed by atoms with Crippen molar-refractivity contribution in [2.24, 2.45) is 5.73 Å². The summed E-state index contributed by atoms with van der Waals surface area (Å²) in [5.41, 5.74) is 8.08. The molecule has 0 atom stereocenters. The van der Waals surface area contributed by atoms with Gasteiger partial charge in [0, 0.05) is 6.20 Å². The molecule has 98 valence electrons. The molecule has 3 N–H and O–H groups in total. The molecule has 2 aromatic rings. The second-order valence-corrected chi connectivity index (χ2v) is 4.25. The monoisotopic (exact) mass is 255 g/mol. The summed E-state index contributed by atoms with van der Waals surface area (Å²) >= 11 is 0. The van der Waals surface area contributed by atoms with Crippen LogP contribution in [-0.2, 0) is 13.0 Å². The van der Waals surface area contributed by atoms with Crippen LogP contribution in [0.3, 0.4) is 0 Å². The van der Waals surface area contributed by atoms with E-state index in [0.717, 1.165) is 17.7 Å². The van der Waals surface area contributed by atoms with E-state index in [0.29, 0.717) is 12.3 Å². The maximum absolute atomic E-state index is 7.36. The topological polar surface area (TPSA) is 72.0 Å². The van der Waals surface area contributed by atoms with Crippen LogP contribution in [0.1, 0.15) is 23.7 Å². The normalized spacial score (nSPS) is 10.2. The minimum Gasteiger partial charge on any atom is -0.489 e. The van der Waals surface area contributed by atoms with Gasteiger partial charge >= 0.3 is 0 Å². The molecule has 0 saturated carbocycles. The van der Waals surface area contributed by atoms with Crippen molar-refractivity contribution in [3.05, 3.63) is 59.4 Å². The first-order chi connectivity index (χ1) is 9.19. The second-order valence-electron chi connectivity index (χ2n) is 4.25. The number of aryl methyl sites for hydroxylation is 1. The van der Waals surface area contributed by atoms with Gasteiger partial charge in [-0.3, -0.25) is 10.4 Å². The van der Waals surface area contributed by atoms with E-state index < -0.39 is 0 Å². The number of nitrogens with one attached hydrogen (secondary N) is 1. The minimum absolute atomic E-state index is 0.0326. The Morgan fingerprint density at radius 3 is 2.84 bits per heavy atom. The average Bonchev–Trinajstić information content (AvgIpc) is 2.45. The van der Waals surface area contributed by atoms with Gasteiger partial charge < -0.3 is 10.5 Å². The molecule has 1 aromatic carbocycles. The number of hydrogen-bond acceptors (Lipinski definition) is 3. The van der Waals surface area contributed by atoms with Crippen LogP contribution in [0.2, 0.25) is 0 Å². The Kier molecular flexibility index (Phi) is 4.13. The van der Waals surface area contributed by atoms with E-state index in [2.05, 4.69) is 18.0 Å². The van der Waals surface area contributed by atoms with Crippen LogP contribution < -0.4 is 10.5 Å². The Hall–Kier alpha value is -2.36. The number of rotatable bonds is 5. The zero-order valence-corrected chi connectivity index (χ0v) is 10.9. The van der Waals surface area contributed by atoms with Crippen molar-refractivity contribution in [3.8, 4) is 5.75 Å². The number of hydrogen-bond donors (Lipinski definition) is 2. The third kappa shape index (κ3) is 3.55. The fourth-order valence-corrected chi connectivity index (χ4v) is 1.73. The van der Waals surface area contributed by atoms with Crippen LogP contribution in [0.4, 0.5) is 0 Å². The van der Waals surface area contributed by atoms with Crippen molar-refractivity contribution < 1.29 is 4.74 Å². The van der Waals surface area contributed by atoms with E-state index >= 15 is 0 Å². The van der Waals surface area contributed by atoms with E-state index in [1.807, 2.05) is 24.3 Å². The number of nitrogens with zero attached hydrogens (tertiary/aromatic N) is 1. The Balaban J connectivity index is 2.05. The van der Waals surface area contributed by atoms with E-state index in [4.69, 9.17) is 15.9 Å². The number of aromatic nitrogens is 1. The molecular formula is C15H17N3O. The number of pyridine rings is 1. The van der Waals surface area contributed by atoms with Crippen molar-refractivity contribution in [2.75, 3.05) is 0 Å². The number of amidine groups is 1. The predicted octanol–water partition coefficient (Wildman–Crippen LogP) is 2.51. The minimum atomic E-state index is -0.0326. The SMILES string of the molecule is CCc1cccc(OCc2ccnc(C(=N)N)c2)c1. The van der Waals surface area contributed by atoms with Gasteiger partial charge in [-0.15, -0.1) is 0 Å². The Bertz CT molecular complexity index is 581. The molecule has 4 heteroatoms. The van der Waals surface area contributed by atoms with E-state index in [9.17, 15) is 0 Å². The highest BCUT2D eigenvalue weighted by Gasteiger charge is 2.01. The van der Waals surface area contributed by atoms with Gasteiger partial charge in [0.15, 0.2) is 0 Å². The molecule has 0 amide bonds. The lowest BCUT2D eigenvalue weighted by Gasteiger charge is -2.08. The summed E-state index contributed by atoms with van der Waals surface area (Å²) in [6.45, 7) is 2.55. The quantitative estimate of drug-likeness (QED) is 0.637. The lowest BCUT2D eigenvalue weighted by molar-refractivity contribution is 0.306. The maximum Gasteiger partial charge on any atom is 0.141 e. The lowest BCUT2D eigenvalue weighted by atomic mass is 10.2. The largest absolute Gasteiger partial charge is 0.489 e. The van der Waals surface area contributed by atoms with Crippen molar-refractivity contribution >= 4 is 5.84 Å². The summed E-state index contributed by atoms with van der Waals surface area (Å²) in [7, 11) is 0. The highest BCUT2D eigenvalue weighted by atomic mass is 16.5. The molecule has 0 unspecified atom stereocenters. The van der Waals surface area contributed by atoms with Gasteiger partial charge in [0.2, 0.25) is 0 Å². The van der Waals surface area contributed by atoms with Gasteiger partial charge in [-0.25, -0.2) is 0 Å². The van der Waals surface area contributed by atoms with Crippen LogP contribution in [0.15, 0.2) is 42.6 Å². The maximum atomic E-state index is 7.36. The molecule has 0 spiro atoms. The first-order valence-corrected chi connectivity index (χ1v) is 6.20. The number of ether oxygens (including phenoxy) is 1. The van der Waals surface area contributed by atoms with Gasteiger partial charge in [0.25, 0.3) is 0 Å². The van der Waals surface area contributed by atoms with Crippen molar-refractivity contribution in [2.45, 2.75) is 20.0 Å². The fourth-order valence-electron chi connectivity index (χ4n) is 1.73. The number of nitrogen functional groups attached to an aromatic ring is 1. The standard InChI is InChI=1S/C15H17N3O/c1-2-11-4-3-5-13(8-11)19-10-12-6-7-18-14(9-12)15(16)17/h3-9H,2,10H2,1H3,(H3,16,17). The number of nitrogens with two attached hydrogens (primary N) is 1. The van der Waals surface area contributed by atoms with Gasteiger partial charge in [-0.05, 0) is 41.8 Å². The lowest BCUT2D eigenvalue weighted by Crippen LogP contribution is -2.13. The molecule has 2 rings (SSSR count). The summed E-state index contributed by atoms with van der Waals surface area (Å²) < 4.78 is 5.73. The zero-order chi connectivity index (χ0) is 13.7. The van der Waals surface area contributed by atoms with Crippen LogP contribution in [0.25, 0.3) is 0 Å². The van der Waals surface area contributed by atoms with Crippen LogP contribution >= 0.6 is 0 Å². The highest BCUT2D eigenvalue weighted by Crippen LogP contribution is 2.15. The summed E-state index contributed by atoms with van der Waals surface area (Å²) in [5, 5.41) is 7.36. The summed E-state index contributed by atoms with van der Waals surface area (Å²) in [6, 6.07) is 11.7. The van der Waals surface area contributed by atoms with Gasteiger partial charge in [0.05, 0.1) is 0 Å². The molecule has 0 fully saturated rings. The van der Waals surface area contributed by atoms with Gasteiger partial charge in [-0.1, -0.05) is 19.1 Å². The van der Waals surface area contributed by atoms with Gasteiger partial charge in [-0.2, -0.15) is 0 Å². The van der Waals surface area contributed by atoms with E-state index in [1.54, 1.807) is 12.3 Å². The predicted molar refractivity (Wildman–Crippen MR) is 75.4 cm³/mol. The Labute approximate surface area is 112 Å². The smallest absolute Gasteiger partial charge is 0.141 e. The third-order valence-corrected chi connectivity index (χ3v) is 2.81. The molecule has 0 saturated heterocycles. The Morgan fingerprint density at radius 1 is 1.26 bits per heavy atom. The van der Waals surface area contributed by atoms with Crippen LogP contribution in [-0.4, -0.2) is 10.8 Å². The molecule has 0 bridgehead atoms. The molecule has 1 heterocycles. The van der Waals surface area contributed by atoms with E-state index in [1.165, 1.54) is 5.56 Å². The van der Waals surface area contributed by atoms with Crippen molar-refractivity contribution in [1.29, 1.82) is 5.41 Å². The first kappa shape index (κ1) is 13.1. The zero-order valence-electron chi connectivity index (χ0n) is 10.9. The van der Waals surface area contributed by atoms with Gasteiger partial charge in [0.1, 0.15) is 23.9 Å². The van der Waals surface area contributed by atoms with Crippen molar-refractivity contribution in [1.82, 2.24) is 4.98 Å². The molecule has 1 aromatic heterocycles. The average molecular weight is 255 g/mol. The van der Waals surface area contributed by atoms with Crippen LogP contribution in [0, 0.1) is 5.41 Å². The molecular weight excluding hydrogens is 238 g/mol. The summed E-state index contributed by atoms with van der Waals surface area (Å²) in [6.07, 6.45) is 2.62. The van der Waals surface area contributed by atoms with Crippen LogP contribution in [0.5, 0.6) is 5.75 Å². The first-order valence-electron chi connectivity index (χ1n) is 6.20. The molecule has 0 radical (unpaired) electrons. The Morgan fingerprint density at radius 2 is 2.11 bits per heavy atom. The van der Waals surface area contributed by atoms with E-state index in [-0.39, 0.29) is 5.84 Å². The summed E-state index contributed by atoms with van der Waals surface area (Å²) in [4.78, 5) is 4.02. The second kappa shape index (κ2) is 6.00. The molecule has 4 nitrogen and oxygen atoms in total. The molecule has 0 aliphatic heterocycles. The summed E-state index contributed by atoms with van der Waals surface area (Å²) in [5.74, 6) is 0.815. The molecule has 0 aliphatic rings. The van der Waals surface area contributed by atoms with Crippen molar-refractivity contribution in [3.63, 3.8) is 0 Å². The molecule has 19 heavy (non-hydrogen) atoms. The fraction of sp³-hybridized carbons (Fsp3) is 0.200.